The molecule has 1 rings (SSSR count). The van der Waals surface area contributed by atoms with Crippen LogP contribution in [0.15, 0.2) is 29.2 Å². The van der Waals surface area contributed by atoms with Crippen LogP contribution in [-0.4, -0.2) is 35.7 Å². The molecule has 0 saturated heterocycles. The zero-order valence-electron chi connectivity index (χ0n) is 10.9. The van der Waals surface area contributed by atoms with Crippen LogP contribution in [0.4, 0.5) is 0 Å². The monoisotopic (exact) mass is 336 g/mol. The molecular weight excluding hydrogens is 324 g/mol. The summed E-state index contributed by atoms with van der Waals surface area (Å²) < 4.78 is 5.02. The third kappa shape index (κ3) is 7.46. The van der Waals surface area contributed by atoms with Crippen molar-refractivity contribution in [1.29, 1.82) is 0 Å². The van der Waals surface area contributed by atoms with Crippen LogP contribution in [0.5, 0.6) is 5.75 Å². The predicted molar refractivity (Wildman–Crippen MR) is 76.1 cm³/mol. The van der Waals surface area contributed by atoms with E-state index in [2.05, 4.69) is 9.68 Å². The number of hydrogen-bond donors (Lipinski definition) is 0. The third-order valence-electron chi connectivity index (χ3n) is 2.07. The van der Waals surface area contributed by atoms with Crippen molar-refractivity contribution in [1.82, 2.24) is 0 Å². The molecule has 0 saturated carbocycles. The summed E-state index contributed by atoms with van der Waals surface area (Å²) in [5.74, 6) is 0.879. The minimum absolute atomic E-state index is 0.158. The van der Waals surface area contributed by atoms with Crippen molar-refractivity contribution in [2.45, 2.75) is 11.0 Å². The van der Waals surface area contributed by atoms with Crippen molar-refractivity contribution in [3.8, 4) is 5.75 Å². The summed E-state index contributed by atoms with van der Waals surface area (Å²) in [6, 6.07) is 7.22. The largest absolute Gasteiger partial charge is 0.497 e. The van der Waals surface area contributed by atoms with Gasteiger partial charge in [-0.3, -0.25) is 0 Å². The molecule has 0 aliphatic carbocycles. The second-order valence-electron chi connectivity index (χ2n) is 3.51. The smallest absolute Gasteiger partial charge is 0.294 e. The number of hydrogen-bond acceptors (Lipinski definition) is 9. The summed E-state index contributed by atoms with van der Waals surface area (Å²) in [6.07, 6.45) is -1.01. The van der Waals surface area contributed by atoms with Crippen molar-refractivity contribution in [3.05, 3.63) is 44.5 Å². The minimum atomic E-state index is -1.02. The number of ether oxygens (including phenoxy) is 1. The fourth-order valence-corrected chi connectivity index (χ4v) is 3.35. The van der Waals surface area contributed by atoms with Gasteiger partial charge in [0.05, 0.1) is 7.11 Å². The molecule has 0 N–H and O–H groups in total. The lowest BCUT2D eigenvalue weighted by molar-refractivity contribution is -0.788. The standard InChI is InChI=1S/C10H12N2O7S2/c1-17-8-2-4-10(5-3-8)21-20-7-9(19-12(15)16)6-18-11(13)14/h2-5,9H,6-7H2,1H3. The lowest BCUT2D eigenvalue weighted by atomic mass is 10.3. The molecule has 0 aliphatic rings. The van der Waals surface area contributed by atoms with Crippen LogP contribution in [-0.2, 0) is 9.68 Å². The van der Waals surface area contributed by atoms with Gasteiger partial charge in [-0.15, -0.1) is 20.2 Å². The molecule has 0 aliphatic heterocycles. The van der Waals surface area contributed by atoms with E-state index < -0.39 is 22.9 Å². The molecule has 116 valence electrons. The molecule has 0 heterocycles. The van der Waals surface area contributed by atoms with Gasteiger partial charge in [0, 0.05) is 10.6 Å². The van der Waals surface area contributed by atoms with Crippen molar-refractivity contribution >= 4 is 21.6 Å². The highest BCUT2D eigenvalue weighted by molar-refractivity contribution is 8.76. The van der Waals surface area contributed by atoms with Gasteiger partial charge in [0.1, 0.15) is 18.5 Å². The fraction of sp³-hybridized carbons (Fsp3) is 0.400. The van der Waals surface area contributed by atoms with Gasteiger partial charge in [0.2, 0.25) is 0 Å². The maximum Gasteiger partial charge on any atom is 0.294 e. The first-order valence-electron chi connectivity index (χ1n) is 5.53. The average molecular weight is 336 g/mol. The van der Waals surface area contributed by atoms with Gasteiger partial charge >= 0.3 is 0 Å². The van der Waals surface area contributed by atoms with Gasteiger partial charge in [-0.25, -0.2) is 0 Å². The van der Waals surface area contributed by atoms with E-state index in [1.807, 2.05) is 12.1 Å². The van der Waals surface area contributed by atoms with E-state index in [-0.39, 0.29) is 5.75 Å². The zero-order chi connectivity index (χ0) is 15.7. The molecule has 1 unspecified atom stereocenters. The van der Waals surface area contributed by atoms with Crippen LogP contribution in [0.3, 0.4) is 0 Å². The van der Waals surface area contributed by atoms with Crippen LogP contribution < -0.4 is 4.74 Å². The molecule has 0 amide bonds. The lowest BCUT2D eigenvalue weighted by Crippen LogP contribution is -2.26. The van der Waals surface area contributed by atoms with Gasteiger partial charge in [-0.05, 0) is 24.3 Å². The van der Waals surface area contributed by atoms with E-state index in [0.717, 1.165) is 10.6 Å². The van der Waals surface area contributed by atoms with Crippen LogP contribution in [0, 0.1) is 20.2 Å². The maximum atomic E-state index is 10.3. The van der Waals surface area contributed by atoms with Gasteiger partial charge in [-0.1, -0.05) is 21.6 Å². The lowest BCUT2D eigenvalue weighted by Gasteiger charge is -2.12. The Bertz CT molecular complexity index is 471. The van der Waals surface area contributed by atoms with Crippen LogP contribution in [0.1, 0.15) is 0 Å². The highest BCUT2D eigenvalue weighted by Gasteiger charge is 2.16. The molecular formula is C10H12N2O7S2. The third-order valence-corrected chi connectivity index (χ3v) is 4.50. The summed E-state index contributed by atoms with van der Waals surface area (Å²) in [5.41, 5.74) is 0. The van der Waals surface area contributed by atoms with Gasteiger partial charge in [-0.2, -0.15) is 0 Å². The topological polar surface area (TPSA) is 114 Å². The summed E-state index contributed by atoms with van der Waals surface area (Å²) >= 11 is 0. The van der Waals surface area contributed by atoms with E-state index in [1.165, 1.54) is 21.6 Å². The van der Waals surface area contributed by atoms with Crippen molar-refractivity contribution in [2.24, 2.45) is 0 Å². The van der Waals surface area contributed by atoms with Gasteiger partial charge in [0.25, 0.3) is 10.2 Å². The highest BCUT2D eigenvalue weighted by Crippen LogP contribution is 2.32. The number of rotatable bonds is 10. The first kappa shape index (κ1) is 17.2. The molecule has 0 radical (unpaired) electrons. The number of benzene rings is 1. The van der Waals surface area contributed by atoms with E-state index in [4.69, 9.17) is 4.74 Å². The maximum absolute atomic E-state index is 10.3. The highest BCUT2D eigenvalue weighted by atomic mass is 33.1. The molecule has 0 aromatic heterocycles. The normalized spacial score (nSPS) is 11.5. The molecule has 0 bridgehead atoms. The molecule has 0 spiro atoms. The Balaban J connectivity index is 2.40. The molecule has 11 heteroatoms. The van der Waals surface area contributed by atoms with E-state index in [0.29, 0.717) is 0 Å². The molecule has 0 fully saturated rings. The van der Waals surface area contributed by atoms with Crippen LogP contribution in [0.25, 0.3) is 0 Å². The molecule has 21 heavy (non-hydrogen) atoms. The Morgan fingerprint density at radius 3 is 2.38 bits per heavy atom. The van der Waals surface area contributed by atoms with Crippen LogP contribution >= 0.6 is 21.6 Å². The average Bonchev–Trinajstić information content (AvgIpc) is 2.44. The Morgan fingerprint density at radius 2 is 1.86 bits per heavy atom. The summed E-state index contributed by atoms with van der Waals surface area (Å²) in [5, 5.41) is 18.4. The van der Waals surface area contributed by atoms with Crippen LogP contribution in [0.2, 0.25) is 0 Å². The van der Waals surface area contributed by atoms with E-state index >= 15 is 0 Å². The van der Waals surface area contributed by atoms with E-state index in [1.54, 1.807) is 19.2 Å². The predicted octanol–water partition coefficient (Wildman–Crippen LogP) is 2.22. The Morgan fingerprint density at radius 1 is 1.19 bits per heavy atom. The van der Waals surface area contributed by atoms with Crippen molar-refractivity contribution in [3.63, 3.8) is 0 Å². The molecule has 1 atom stereocenters. The van der Waals surface area contributed by atoms with Crippen molar-refractivity contribution in [2.75, 3.05) is 19.5 Å². The molecule has 1 aromatic carbocycles. The summed E-state index contributed by atoms with van der Waals surface area (Å²) in [4.78, 5) is 29.7. The first-order chi connectivity index (χ1) is 10.0. The van der Waals surface area contributed by atoms with Gasteiger partial charge < -0.3 is 14.4 Å². The van der Waals surface area contributed by atoms with Gasteiger partial charge in [0.15, 0.2) is 0 Å². The SMILES string of the molecule is COc1ccc(SSCC(CO[N+](=O)[O-])O[N+](=O)[O-])cc1. The summed E-state index contributed by atoms with van der Waals surface area (Å²) in [6.45, 7) is -0.496. The minimum Gasteiger partial charge on any atom is -0.497 e. The summed E-state index contributed by atoms with van der Waals surface area (Å²) in [7, 11) is 4.19. The first-order valence-corrected chi connectivity index (χ1v) is 7.85. The molecule has 1 aromatic rings. The van der Waals surface area contributed by atoms with Crippen molar-refractivity contribution < 1.29 is 24.6 Å². The Kier molecular flexibility index (Phi) is 7.46. The zero-order valence-corrected chi connectivity index (χ0v) is 12.5. The number of methoxy groups -OCH3 is 1. The number of nitrogens with zero attached hydrogens (tertiary/aromatic N) is 2. The quantitative estimate of drug-likeness (QED) is 0.360. The second-order valence-corrected chi connectivity index (χ2v) is 5.93. The van der Waals surface area contributed by atoms with E-state index in [9.17, 15) is 20.2 Å². The Labute approximate surface area is 127 Å². The Hall–Kier alpha value is -1.88. The molecule has 9 nitrogen and oxygen atoms in total. The fourth-order valence-electron chi connectivity index (χ4n) is 1.18. The second kappa shape index (κ2) is 9.13.